The van der Waals surface area contributed by atoms with Crippen molar-refractivity contribution in [2.75, 3.05) is 17.6 Å². The van der Waals surface area contributed by atoms with Gasteiger partial charge < -0.3 is 11.1 Å². The molecule has 1 saturated carbocycles. The van der Waals surface area contributed by atoms with Gasteiger partial charge in [0, 0.05) is 18.0 Å². The van der Waals surface area contributed by atoms with E-state index in [-0.39, 0.29) is 0 Å². The molecule has 0 amide bonds. The maximum atomic E-state index is 5.97. The van der Waals surface area contributed by atoms with Gasteiger partial charge in [0.2, 0.25) is 0 Å². The molecular formula is C14H24N4. The van der Waals surface area contributed by atoms with E-state index in [1.54, 1.807) is 0 Å². The third-order valence-electron chi connectivity index (χ3n) is 3.86. The maximum Gasteiger partial charge on any atom is 0.136 e. The highest BCUT2D eigenvalue weighted by Gasteiger charge is 2.27. The van der Waals surface area contributed by atoms with Crippen LogP contribution in [0.15, 0.2) is 0 Å². The lowest BCUT2D eigenvalue weighted by Gasteiger charge is -2.16. The number of hydrogen-bond donors (Lipinski definition) is 2. The standard InChI is InChI=1S/C14H24N4/c1-4-10(5-2)8-16-13-9(3)12(15)17-14(18-13)11-6-7-11/h10-11H,4-8H2,1-3H3,(H3,15,16,17,18). The summed E-state index contributed by atoms with van der Waals surface area (Å²) in [6.07, 6.45) is 4.79. The van der Waals surface area contributed by atoms with E-state index < -0.39 is 0 Å². The largest absolute Gasteiger partial charge is 0.383 e. The summed E-state index contributed by atoms with van der Waals surface area (Å²) < 4.78 is 0. The molecule has 4 heteroatoms. The first kappa shape index (κ1) is 13.1. The summed E-state index contributed by atoms with van der Waals surface area (Å²) in [7, 11) is 0. The van der Waals surface area contributed by atoms with E-state index in [1.165, 1.54) is 25.7 Å². The van der Waals surface area contributed by atoms with E-state index in [0.29, 0.717) is 17.7 Å². The number of nitrogens with one attached hydrogen (secondary N) is 1. The van der Waals surface area contributed by atoms with E-state index in [2.05, 4.69) is 29.1 Å². The molecule has 0 bridgehead atoms. The number of aromatic nitrogens is 2. The predicted molar refractivity (Wildman–Crippen MR) is 75.7 cm³/mol. The Morgan fingerprint density at radius 3 is 2.50 bits per heavy atom. The van der Waals surface area contributed by atoms with Gasteiger partial charge in [0.25, 0.3) is 0 Å². The third kappa shape index (κ3) is 2.92. The van der Waals surface area contributed by atoms with Crippen molar-refractivity contribution in [3.8, 4) is 0 Å². The van der Waals surface area contributed by atoms with Gasteiger partial charge in [-0.15, -0.1) is 0 Å². The summed E-state index contributed by atoms with van der Waals surface area (Å²) in [5.74, 6) is 3.71. The SMILES string of the molecule is CCC(CC)CNc1nc(C2CC2)nc(N)c1C. The second-order valence-corrected chi connectivity index (χ2v) is 5.28. The normalized spacial score (nSPS) is 15.1. The van der Waals surface area contributed by atoms with E-state index in [0.717, 1.165) is 23.8 Å². The molecule has 1 heterocycles. The van der Waals surface area contributed by atoms with Gasteiger partial charge in [0.15, 0.2) is 0 Å². The van der Waals surface area contributed by atoms with E-state index >= 15 is 0 Å². The van der Waals surface area contributed by atoms with Crippen molar-refractivity contribution < 1.29 is 0 Å². The van der Waals surface area contributed by atoms with Crippen molar-refractivity contribution >= 4 is 11.6 Å². The molecule has 0 aromatic carbocycles. The molecule has 0 radical (unpaired) electrons. The Labute approximate surface area is 109 Å². The lowest BCUT2D eigenvalue weighted by Crippen LogP contribution is -2.16. The first-order valence-corrected chi connectivity index (χ1v) is 7.03. The van der Waals surface area contributed by atoms with E-state index in [4.69, 9.17) is 5.73 Å². The molecule has 100 valence electrons. The summed E-state index contributed by atoms with van der Waals surface area (Å²) >= 11 is 0. The van der Waals surface area contributed by atoms with Crippen molar-refractivity contribution in [1.82, 2.24) is 9.97 Å². The van der Waals surface area contributed by atoms with Crippen molar-refractivity contribution in [1.29, 1.82) is 0 Å². The van der Waals surface area contributed by atoms with Gasteiger partial charge >= 0.3 is 0 Å². The number of rotatable bonds is 6. The van der Waals surface area contributed by atoms with Crippen molar-refractivity contribution in [2.45, 2.75) is 52.4 Å². The van der Waals surface area contributed by atoms with Crippen LogP contribution in [0.25, 0.3) is 0 Å². The summed E-state index contributed by atoms with van der Waals surface area (Å²) in [6, 6.07) is 0. The van der Waals surface area contributed by atoms with Gasteiger partial charge in [-0.1, -0.05) is 26.7 Å². The zero-order valence-electron chi connectivity index (χ0n) is 11.7. The minimum Gasteiger partial charge on any atom is -0.383 e. The zero-order valence-corrected chi connectivity index (χ0v) is 11.7. The van der Waals surface area contributed by atoms with Gasteiger partial charge in [0.05, 0.1) is 0 Å². The molecule has 1 fully saturated rings. The Kier molecular flexibility index (Phi) is 4.04. The highest BCUT2D eigenvalue weighted by Crippen LogP contribution is 2.39. The van der Waals surface area contributed by atoms with Crippen molar-refractivity contribution in [3.63, 3.8) is 0 Å². The average molecular weight is 248 g/mol. The number of nitrogens with zero attached hydrogens (tertiary/aromatic N) is 2. The molecule has 3 N–H and O–H groups in total. The molecule has 4 nitrogen and oxygen atoms in total. The van der Waals surface area contributed by atoms with Gasteiger partial charge in [-0.05, 0) is 25.7 Å². The lowest BCUT2D eigenvalue weighted by molar-refractivity contribution is 0.518. The smallest absolute Gasteiger partial charge is 0.136 e. The Morgan fingerprint density at radius 2 is 1.94 bits per heavy atom. The highest BCUT2D eigenvalue weighted by molar-refractivity contribution is 5.55. The van der Waals surface area contributed by atoms with E-state index in [1.807, 2.05) is 6.92 Å². The molecule has 1 aliphatic rings. The Bertz CT molecular complexity index is 409. The molecule has 0 spiro atoms. The number of nitrogen functional groups attached to an aromatic ring is 1. The highest BCUT2D eigenvalue weighted by atomic mass is 15.1. The van der Waals surface area contributed by atoms with Gasteiger partial charge in [-0.3, -0.25) is 0 Å². The van der Waals surface area contributed by atoms with Crippen LogP contribution in [-0.2, 0) is 0 Å². The second-order valence-electron chi connectivity index (χ2n) is 5.28. The zero-order chi connectivity index (χ0) is 13.1. The number of hydrogen-bond acceptors (Lipinski definition) is 4. The van der Waals surface area contributed by atoms with Gasteiger partial charge in [0.1, 0.15) is 17.5 Å². The molecule has 1 aromatic heterocycles. The van der Waals surface area contributed by atoms with Gasteiger partial charge in [-0.25, -0.2) is 9.97 Å². The topological polar surface area (TPSA) is 63.8 Å². The molecule has 1 aliphatic carbocycles. The minimum atomic E-state index is 0.543. The molecular weight excluding hydrogens is 224 g/mol. The van der Waals surface area contributed by atoms with Crippen LogP contribution < -0.4 is 11.1 Å². The van der Waals surface area contributed by atoms with Crippen LogP contribution in [0.4, 0.5) is 11.6 Å². The fourth-order valence-electron chi connectivity index (χ4n) is 2.07. The molecule has 0 aliphatic heterocycles. The summed E-state index contributed by atoms with van der Waals surface area (Å²) in [6.45, 7) is 7.41. The molecule has 2 rings (SSSR count). The number of nitrogens with two attached hydrogens (primary N) is 1. The van der Waals surface area contributed by atoms with Crippen LogP contribution in [-0.4, -0.2) is 16.5 Å². The van der Waals surface area contributed by atoms with Gasteiger partial charge in [-0.2, -0.15) is 0 Å². The Morgan fingerprint density at radius 1 is 1.28 bits per heavy atom. The average Bonchev–Trinajstić information content (AvgIpc) is 3.19. The molecule has 0 saturated heterocycles. The summed E-state index contributed by atoms with van der Waals surface area (Å²) in [5, 5.41) is 3.45. The quantitative estimate of drug-likeness (QED) is 0.812. The lowest BCUT2D eigenvalue weighted by atomic mass is 10.0. The van der Waals surface area contributed by atoms with Crippen LogP contribution >= 0.6 is 0 Å². The summed E-state index contributed by atoms with van der Waals surface area (Å²) in [4.78, 5) is 9.02. The molecule has 18 heavy (non-hydrogen) atoms. The van der Waals surface area contributed by atoms with Crippen molar-refractivity contribution in [2.24, 2.45) is 5.92 Å². The van der Waals surface area contributed by atoms with Crippen LogP contribution in [0.3, 0.4) is 0 Å². The predicted octanol–water partition coefficient (Wildman–Crippen LogP) is 3.09. The maximum absolute atomic E-state index is 5.97. The first-order valence-electron chi connectivity index (χ1n) is 7.03. The first-order chi connectivity index (χ1) is 8.65. The fourth-order valence-corrected chi connectivity index (χ4v) is 2.07. The molecule has 0 unspecified atom stereocenters. The Hall–Kier alpha value is -1.32. The second kappa shape index (κ2) is 5.55. The molecule has 1 aromatic rings. The number of anilines is 2. The van der Waals surface area contributed by atoms with Crippen molar-refractivity contribution in [3.05, 3.63) is 11.4 Å². The minimum absolute atomic E-state index is 0.543. The summed E-state index contributed by atoms with van der Waals surface area (Å²) in [5.41, 5.74) is 6.94. The van der Waals surface area contributed by atoms with Crippen LogP contribution in [0.5, 0.6) is 0 Å². The molecule has 0 atom stereocenters. The third-order valence-corrected chi connectivity index (χ3v) is 3.86. The fraction of sp³-hybridized carbons (Fsp3) is 0.714. The Balaban J connectivity index is 2.10. The monoisotopic (exact) mass is 248 g/mol. The van der Waals surface area contributed by atoms with Crippen LogP contribution in [0, 0.1) is 12.8 Å². The van der Waals surface area contributed by atoms with E-state index in [9.17, 15) is 0 Å². The van der Waals surface area contributed by atoms with Crippen LogP contribution in [0.1, 0.15) is 56.8 Å². The van der Waals surface area contributed by atoms with Crippen LogP contribution in [0.2, 0.25) is 0 Å².